The summed E-state index contributed by atoms with van der Waals surface area (Å²) in [6.07, 6.45) is 1.57. The van der Waals surface area contributed by atoms with Gasteiger partial charge in [-0.25, -0.2) is 4.79 Å². The Morgan fingerprint density at radius 1 is 1.35 bits per heavy atom. The number of nitrogens with zero attached hydrogens (tertiary/aromatic N) is 1. The highest BCUT2D eigenvalue weighted by Crippen LogP contribution is 2.39. The topological polar surface area (TPSA) is 80.2 Å². The second-order valence-electron chi connectivity index (χ2n) is 4.61. The molecule has 0 saturated carbocycles. The van der Waals surface area contributed by atoms with Crippen LogP contribution >= 0.6 is 27.5 Å². The molecule has 8 heteroatoms. The molecule has 0 atom stereocenters. The van der Waals surface area contributed by atoms with Gasteiger partial charge < -0.3 is 14.6 Å². The molecule has 0 radical (unpaired) electrons. The Balaban J connectivity index is 1.78. The molecule has 23 heavy (non-hydrogen) atoms. The fourth-order valence-corrected chi connectivity index (χ4v) is 2.72. The Bertz CT molecular complexity index is 810. The summed E-state index contributed by atoms with van der Waals surface area (Å²) < 4.78 is 11.4. The Hall–Kier alpha value is -2.25. The summed E-state index contributed by atoms with van der Waals surface area (Å²) in [5.41, 5.74) is 4.04. The molecule has 0 aromatic heterocycles. The van der Waals surface area contributed by atoms with Crippen LogP contribution in [0.2, 0.25) is 5.02 Å². The number of halogens is 2. The maximum absolute atomic E-state index is 11.0. The smallest absolute Gasteiger partial charge is 0.335 e. The first kappa shape index (κ1) is 15.6. The van der Waals surface area contributed by atoms with Crippen LogP contribution in [0.1, 0.15) is 15.9 Å². The van der Waals surface area contributed by atoms with Crippen molar-refractivity contribution in [2.75, 3.05) is 12.2 Å². The van der Waals surface area contributed by atoms with E-state index in [0.717, 1.165) is 10.0 Å². The van der Waals surface area contributed by atoms with Gasteiger partial charge in [0, 0.05) is 0 Å². The zero-order valence-corrected chi connectivity index (χ0v) is 13.9. The van der Waals surface area contributed by atoms with Gasteiger partial charge in [-0.05, 0) is 51.8 Å². The number of hydrogen-bond donors (Lipinski definition) is 2. The number of carboxylic acid groups (broad SMARTS) is 1. The van der Waals surface area contributed by atoms with Crippen molar-refractivity contribution < 1.29 is 19.4 Å². The van der Waals surface area contributed by atoms with E-state index in [1.807, 2.05) is 6.07 Å². The number of rotatable bonds is 4. The fraction of sp³-hybridized carbons (Fsp3) is 0.0667. The van der Waals surface area contributed by atoms with Crippen molar-refractivity contribution in [3.05, 3.63) is 51.0 Å². The van der Waals surface area contributed by atoms with Gasteiger partial charge in [0.25, 0.3) is 0 Å². The third-order valence-corrected chi connectivity index (χ3v) is 3.98. The lowest BCUT2D eigenvalue weighted by Crippen LogP contribution is -1.98. The highest BCUT2D eigenvalue weighted by molar-refractivity contribution is 9.10. The van der Waals surface area contributed by atoms with E-state index in [1.165, 1.54) is 18.2 Å². The minimum Gasteiger partial charge on any atom is -0.478 e. The first-order valence-electron chi connectivity index (χ1n) is 6.45. The van der Waals surface area contributed by atoms with Crippen molar-refractivity contribution in [1.82, 2.24) is 0 Å². The van der Waals surface area contributed by atoms with Crippen LogP contribution in [-0.2, 0) is 0 Å². The molecule has 0 spiro atoms. The van der Waals surface area contributed by atoms with Crippen LogP contribution in [0.5, 0.6) is 11.5 Å². The van der Waals surface area contributed by atoms with E-state index in [1.54, 1.807) is 12.3 Å². The molecule has 0 fully saturated rings. The second kappa shape index (κ2) is 6.47. The van der Waals surface area contributed by atoms with Crippen LogP contribution in [0, 0.1) is 0 Å². The lowest BCUT2D eigenvalue weighted by atomic mass is 10.2. The molecule has 2 aromatic rings. The molecule has 1 aliphatic heterocycles. The Kier molecular flexibility index (Phi) is 4.40. The van der Waals surface area contributed by atoms with E-state index >= 15 is 0 Å². The van der Waals surface area contributed by atoms with Crippen LogP contribution in [0.15, 0.2) is 39.9 Å². The van der Waals surface area contributed by atoms with Crippen LogP contribution in [0.3, 0.4) is 0 Å². The lowest BCUT2D eigenvalue weighted by molar-refractivity contribution is 0.0697. The minimum absolute atomic E-state index is 0.123. The van der Waals surface area contributed by atoms with Crippen molar-refractivity contribution >= 4 is 45.4 Å². The molecule has 0 saturated heterocycles. The number of hydrogen-bond acceptors (Lipinski definition) is 5. The third kappa shape index (κ3) is 3.40. The number of aromatic carboxylic acids is 1. The van der Waals surface area contributed by atoms with Crippen molar-refractivity contribution in [1.29, 1.82) is 0 Å². The van der Waals surface area contributed by atoms with Crippen LogP contribution in [-0.4, -0.2) is 24.1 Å². The van der Waals surface area contributed by atoms with E-state index in [-0.39, 0.29) is 12.4 Å². The highest BCUT2D eigenvalue weighted by atomic mass is 79.9. The summed E-state index contributed by atoms with van der Waals surface area (Å²) in [6.45, 7) is 0.185. The molecule has 1 aliphatic rings. The van der Waals surface area contributed by atoms with Gasteiger partial charge in [-0.15, -0.1) is 0 Å². The van der Waals surface area contributed by atoms with E-state index < -0.39 is 5.97 Å². The molecule has 0 aliphatic carbocycles. The molecule has 2 N–H and O–H groups in total. The monoisotopic (exact) mass is 396 g/mol. The number of fused-ring (bicyclic) bond motifs is 1. The summed E-state index contributed by atoms with van der Waals surface area (Å²) in [5, 5.41) is 13.4. The molecule has 2 aromatic carbocycles. The number of benzene rings is 2. The summed E-state index contributed by atoms with van der Waals surface area (Å²) >= 11 is 9.41. The second-order valence-corrected chi connectivity index (χ2v) is 5.87. The largest absolute Gasteiger partial charge is 0.478 e. The molecular formula is C15H10BrClN2O4. The van der Waals surface area contributed by atoms with Gasteiger partial charge in [-0.1, -0.05) is 11.6 Å². The third-order valence-electron chi connectivity index (χ3n) is 3.06. The van der Waals surface area contributed by atoms with Crippen molar-refractivity contribution in [3.8, 4) is 11.5 Å². The molecule has 3 rings (SSSR count). The normalized spacial score (nSPS) is 12.6. The SMILES string of the molecule is O=C(O)c1ccc(Cl)c(N/N=C\c2cc(Br)c3c(c2)OCO3)c1. The quantitative estimate of drug-likeness (QED) is 0.603. The van der Waals surface area contributed by atoms with Crippen molar-refractivity contribution in [3.63, 3.8) is 0 Å². The number of nitrogens with one attached hydrogen (secondary N) is 1. The van der Waals surface area contributed by atoms with E-state index in [9.17, 15) is 4.79 Å². The molecular weight excluding hydrogens is 388 g/mol. The minimum atomic E-state index is -1.03. The van der Waals surface area contributed by atoms with Crippen LogP contribution in [0.25, 0.3) is 0 Å². The number of anilines is 1. The van der Waals surface area contributed by atoms with Gasteiger partial charge in [0.2, 0.25) is 6.79 Å². The van der Waals surface area contributed by atoms with E-state index in [4.69, 9.17) is 26.2 Å². The van der Waals surface area contributed by atoms with Gasteiger partial charge in [0.15, 0.2) is 11.5 Å². The van der Waals surface area contributed by atoms with Gasteiger partial charge in [0.1, 0.15) is 0 Å². The molecule has 118 valence electrons. The predicted octanol–water partition coefficient (Wildman–Crippen LogP) is 3.98. The van der Waals surface area contributed by atoms with Crippen molar-refractivity contribution in [2.24, 2.45) is 5.10 Å². The maximum atomic E-state index is 11.0. The van der Waals surface area contributed by atoms with Gasteiger partial charge in [-0.2, -0.15) is 5.10 Å². The maximum Gasteiger partial charge on any atom is 0.335 e. The fourth-order valence-electron chi connectivity index (χ4n) is 1.98. The van der Waals surface area contributed by atoms with Crippen LogP contribution < -0.4 is 14.9 Å². The number of carbonyl (C=O) groups is 1. The zero-order valence-electron chi connectivity index (χ0n) is 11.5. The molecule has 6 nitrogen and oxygen atoms in total. The predicted molar refractivity (Wildman–Crippen MR) is 89.9 cm³/mol. The Morgan fingerprint density at radius 3 is 2.96 bits per heavy atom. The summed E-state index contributed by atoms with van der Waals surface area (Å²) in [7, 11) is 0. The Labute approximate surface area is 144 Å². The molecule has 0 amide bonds. The van der Waals surface area contributed by atoms with Gasteiger partial charge in [-0.3, -0.25) is 5.43 Å². The zero-order chi connectivity index (χ0) is 16.4. The Morgan fingerprint density at radius 2 is 2.17 bits per heavy atom. The molecule has 0 bridgehead atoms. The summed E-state index contributed by atoms with van der Waals surface area (Å²) in [4.78, 5) is 11.0. The average Bonchev–Trinajstić information content (AvgIpc) is 2.98. The van der Waals surface area contributed by atoms with Gasteiger partial charge in [0.05, 0.1) is 27.0 Å². The van der Waals surface area contributed by atoms with Crippen molar-refractivity contribution in [2.45, 2.75) is 0 Å². The van der Waals surface area contributed by atoms with E-state index in [0.29, 0.717) is 22.2 Å². The average molecular weight is 398 g/mol. The first-order chi connectivity index (χ1) is 11.0. The standard InChI is InChI=1S/C15H10BrClN2O4/c16-10-3-8(4-13-14(10)23-7-22-13)6-18-19-12-5-9(15(20)21)1-2-11(12)17/h1-6,19H,7H2,(H,20,21)/b18-6-. The number of ether oxygens (including phenoxy) is 2. The number of hydrazone groups is 1. The first-order valence-corrected chi connectivity index (χ1v) is 7.63. The van der Waals surface area contributed by atoms with Crippen LogP contribution in [0.4, 0.5) is 5.69 Å². The molecule has 1 heterocycles. The highest BCUT2D eigenvalue weighted by Gasteiger charge is 2.17. The number of carboxylic acids is 1. The lowest BCUT2D eigenvalue weighted by Gasteiger charge is -2.05. The van der Waals surface area contributed by atoms with Gasteiger partial charge >= 0.3 is 5.97 Å². The summed E-state index contributed by atoms with van der Waals surface area (Å²) in [5.74, 6) is 0.257. The van der Waals surface area contributed by atoms with E-state index in [2.05, 4.69) is 26.5 Å². The molecule has 0 unspecified atom stereocenters. The summed E-state index contributed by atoms with van der Waals surface area (Å²) in [6, 6.07) is 7.95.